The smallest absolute Gasteiger partial charge is 0.270 e. The molecule has 9 heteroatoms. The van der Waals surface area contributed by atoms with Crippen molar-refractivity contribution in [2.75, 3.05) is 31.7 Å². The Morgan fingerprint density at radius 2 is 1.86 bits per heavy atom. The van der Waals surface area contributed by atoms with Gasteiger partial charge in [-0.2, -0.15) is 0 Å². The van der Waals surface area contributed by atoms with Crippen LogP contribution in [0.15, 0.2) is 47.6 Å². The third-order valence-corrected chi connectivity index (χ3v) is 3.90. The number of nitrogens with one attached hydrogen (secondary N) is 2. The Hall–Kier alpha value is -3.62. The molecule has 2 N–H and O–H groups in total. The van der Waals surface area contributed by atoms with Crippen molar-refractivity contribution in [2.24, 2.45) is 5.16 Å². The molecule has 1 heterocycles. The number of halogens is 1. The predicted octanol–water partition coefficient (Wildman–Crippen LogP) is 1.90. The standard InChI is InChI=1S/C20H20FN3O5/c21-15-3-1-14(2-4-15)7-8-22-20(26)13-29-23-12-19(25)24-16-5-6-17-18(11-16)28-10-9-27-17/h1-6,11-12H,7-10,13H2,(H,22,26)(H,24,25)/b23-12+. The molecule has 0 bridgehead atoms. The molecule has 1 aliphatic rings. The van der Waals surface area contributed by atoms with Crippen LogP contribution in [-0.2, 0) is 20.8 Å². The van der Waals surface area contributed by atoms with Crippen LogP contribution in [0.3, 0.4) is 0 Å². The first kappa shape index (κ1) is 20.1. The third kappa shape index (κ3) is 6.49. The fraction of sp³-hybridized carbons (Fsp3) is 0.250. The monoisotopic (exact) mass is 401 g/mol. The Kier molecular flexibility index (Phi) is 6.99. The number of rotatable bonds is 8. The number of anilines is 1. The maximum absolute atomic E-state index is 12.8. The highest BCUT2D eigenvalue weighted by Gasteiger charge is 2.12. The van der Waals surface area contributed by atoms with Crippen molar-refractivity contribution in [3.8, 4) is 11.5 Å². The van der Waals surface area contributed by atoms with Crippen LogP contribution in [0.5, 0.6) is 11.5 Å². The number of benzene rings is 2. The molecule has 1 aliphatic heterocycles. The average Bonchev–Trinajstić information content (AvgIpc) is 2.72. The molecular weight excluding hydrogens is 381 g/mol. The van der Waals surface area contributed by atoms with Gasteiger partial charge < -0.3 is 24.9 Å². The Labute approximate surface area is 166 Å². The Morgan fingerprint density at radius 1 is 1.10 bits per heavy atom. The normalized spacial score (nSPS) is 12.4. The maximum atomic E-state index is 12.8. The first-order chi connectivity index (χ1) is 14.1. The van der Waals surface area contributed by atoms with Crippen molar-refractivity contribution in [3.05, 3.63) is 53.8 Å². The van der Waals surface area contributed by atoms with Gasteiger partial charge >= 0.3 is 0 Å². The van der Waals surface area contributed by atoms with Crippen molar-refractivity contribution in [1.29, 1.82) is 0 Å². The van der Waals surface area contributed by atoms with Gasteiger partial charge in [0.15, 0.2) is 18.1 Å². The lowest BCUT2D eigenvalue weighted by Gasteiger charge is -2.18. The fourth-order valence-electron chi connectivity index (χ4n) is 2.53. The van der Waals surface area contributed by atoms with Crippen molar-refractivity contribution >= 4 is 23.7 Å². The van der Waals surface area contributed by atoms with Gasteiger partial charge in [0.05, 0.1) is 0 Å². The van der Waals surface area contributed by atoms with Gasteiger partial charge in [-0.1, -0.05) is 17.3 Å². The molecule has 2 aromatic rings. The van der Waals surface area contributed by atoms with Crippen LogP contribution in [-0.4, -0.2) is 44.4 Å². The van der Waals surface area contributed by atoms with Gasteiger partial charge in [0.2, 0.25) is 0 Å². The highest BCUT2D eigenvalue weighted by atomic mass is 19.1. The average molecular weight is 401 g/mol. The van der Waals surface area contributed by atoms with E-state index < -0.39 is 5.91 Å². The van der Waals surface area contributed by atoms with Crippen molar-refractivity contribution in [2.45, 2.75) is 6.42 Å². The molecule has 2 amide bonds. The second-order valence-corrected chi connectivity index (χ2v) is 6.08. The van der Waals surface area contributed by atoms with Crippen LogP contribution in [0, 0.1) is 5.82 Å². The second-order valence-electron chi connectivity index (χ2n) is 6.08. The lowest BCUT2D eigenvalue weighted by molar-refractivity contribution is -0.125. The Balaban J connectivity index is 1.33. The predicted molar refractivity (Wildman–Crippen MR) is 104 cm³/mol. The van der Waals surface area contributed by atoms with Crippen molar-refractivity contribution in [1.82, 2.24) is 5.32 Å². The summed E-state index contributed by atoms with van der Waals surface area (Å²) < 4.78 is 23.7. The van der Waals surface area contributed by atoms with E-state index in [0.717, 1.165) is 11.8 Å². The van der Waals surface area contributed by atoms with Gasteiger partial charge in [0.1, 0.15) is 25.2 Å². The van der Waals surface area contributed by atoms with Gasteiger partial charge in [0.25, 0.3) is 11.8 Å². The van der Waals surface area contributed by atoms with Crippen molar-refractivity contribution in [3.63, 3.8) is 0 Å². The van der Waals surface area contributed by atoms with Crippen LogP contribution in [0.4, 0.5) is 10.1 Å². The lowest BCUT2D eigenvalue weighted by Crippen LogP contribution is -2.29. The summed E-state index contributed by atoms with van der Waals surface area (Å²) in [6, 6.07) is 11.1. The maximum Gasteiger partial charge on any atom is 0.270 e. The summed E-state index contributed by atoms with van der Waals surface area (Å²) in [6.45, 7) is 0.994. The zero-order valence-electron chi connectivity index (χ0n) is 15.5. The highest BCUT2D eigenvalue weighted by molar-refractivity contribution is 6.31. The van der Waals surface area contributed by atoms with E-state index in [1.54, 1.807) is 30.3 Å². The van der Waals surface area contributed by atoms with E-state index >= 15 is 0 Å². The Morgan fingerprint density at radius 3 is 2.66 bits per heavy atom. The number of carbonyl (C=O) groups excluding carboxylic acids is 2. The molecule has 0 spiro atoms. The van der Waals surface area contributed by atoms with E-state index in [9.17, 15) is 14.0 Å². The van der Waals surface area contributed by atoms with Gasteiger partial charge in [-0.05, 0) is 36.2 Å². The van der Waals surface area contributed by atoms with Crippen LogP contribution in [0.25, 0.3) is 0 Å². The van der Waals surface area contributed by atoms with Crippen molar-refractivity contribution < 1.29 is 28.3 Å². The summed E-state index contributed by atoms with van der Waals surface area (Å²) in [5.41, 5.74) is 1.42. The van der Waals surface area contributed by atoms with Gasteiger partial charge in [-0.25, -0.2) is 4.39 Å². The zero-order chi connectivity index (χ0) is 20.5. The minimum Gasteiger partial charge on any atom is -0.486 e. The summed E-state index contributed by atoms with van der Waals surface area (Å²) in [5, 5.41) is 8.73. The SMILES string of the molecule is O=C(/C=N/OCC(=O)NCCc1ccc(F)cc1)Nc1ccc2c(c1)OCCO2. The van der Waals surface area contributed by atoms with Crippen LogP contribution >= 0.6 is 0 Å². The quantitative estimate of drug-likeness (QED) is 0.520. The first-order valence-electron chi connectivity index (χ1n) is 8.97. The lowest BCUT2D eigenvalue weighted by atomic mass is 10.1. The van der Waals surface area contributed by atoms with Gasteiger partial charge in [-0.15, -0.1) is 0 Å². The number of ether oxygens (including phenoxy) is 2. The minimum absolute atomic E-state index is 0.304. The summed E-state index contributed by atoms with van der Waals surface area (Å²) >= 11 is 0. The second kappa shape index (κ2) is 10.1. The Bertz CT molecular complexity index is 886. The number of carbonyl (C=O) groups is 2. The number of oxime groups is 1. The molecule has 0 aromatic heterocycles. The molecule has 0 unspecified atom stereocenters. The molecule has 0 saturated carbocycles. The largest absolute Gasteiger partial charge is 0.486 e. The van der Waals surface area contributed by atoms with Crippen LogP contribution < -0.4 is 20.1 Å². The molecule has 2 aromatic carbocycles. The summed E-state index contributed by atoms with van der Waals surface area (Å²) in [6.07, 6.45) is 1.50. The summed E-state index contributed by atoms with van der Waals surface area (Å²) in [4.78, 5) is 28.3. The van der Waals surface area contributed by atoms with E-state index in [0.29, 0.717) is 43.4 Å². The van der Waals surface area contributed by atoms with Gasteiger partial charge in [0, 0.05) is 18.3 Å². The molecule has 29 heavy (non-hydrogen) atoms. The number of hydrogen-bond donors (Lipinski definition) is 2. The fourth-order valence-corrected chi connectivity index (χ4v) is 2.53. The van der Waals surface area contributed by atoms with Crippen LogP contribution in [0.2, 0.25) is 0 Å². The summed E-state index contributed by atoms with van der Waals surface area (Å²) in [7, 11) is 0. The molecule has 3 rings (SSSR count). The first-order valence-corrected chi connectivity index (χ1v) is 8.97. The molecule has 0 saturated heterocycles. The number of nitrogens with zero attached hydrogens (tertiary/aromatic N) is 1. The molecule has 152 valence electrons. The van der Waals surface area contributed by atoms with Gasteiger partial charge in [-0.3, -0.25) is 9.59 Å². The van der Waals surface area contributed by atoms with Crippen LogP contribution in [0.1, 0.15) is 5.56 Å². The highest BCUT2D eigenvalue weighted by Crippen LogP contribution is 2.32. The summed E-state index contributed by atoms with van der Waals surface area (Å²) in [5.74, 6) is -0.0202. The van der Waals surface area contributed by atoms with E-state index in [1.807, 2.05) is 0 Å². The van der Waals surface area contributed by atoms with E-state index in [4.69, 9.17) is 14.3 Å². The number of fused-ring (bicyclic) bond motifs is 1. The van der Waals surface area contributed by atoms with E-state index in [2.05, 4.69) is 15.8 Å². The topological polar surface area (TPSA) is 98.2 Å². The molecule has 0 radical (unpaired) electrons. The molecule has 0 aliphatic carbocycles. The molecule has 0 atom stereocenters. The molecule has 8 nitrogen and oxygen atoms in total. The van der Waals surface area contributed by atoms with E-state index in [-0.39, 0.29) is 18.3 Å². The molecule has 0 fully saturated rings. The molecular formula is C20H20FN3O5. The number of amides is 2. The minimum atomic E-state index is -0.515. The number of hydrogen-bond acceptors (Lipinski definition) is 6. The zero-order valence-corrected chi connectivity index (χ0v) is 15.5. The van der Waals surface area contributed by atoms with E-state index in [1.165, 1.54) is 12.1 Å². The third-order valence-electron chi connectivity index (χ3n) is 3.90.